The molecule has 0 amide bonds. The predicted molar refractivity (Wildman–Crippen MR) is 229 cm³/mol. The quantitative estimate of drug-likeness (QED) is 0.0286. The number of nitrogens with zero attached hydrogens (tertiary/aromatic N) is 1. The lowest BCUT2D eigenvalue weighted by Crippen LogP contribution is -2.50. The highest BCUT2D eigenvalue weighted by Crippen LogP contribution is 2.15. The Morgan fingerprint density at radius 1 is 0.545 bits per heavy atom. The summed E-state index contributed by atoms with van der Waals surface area (Å²) in [7, 11) is 5.52. The molecule has 8 heteroatoms. The van der Waals surface area contributed by atoms with Crippen LogP contribution in [0, 0.1) is 0 Å². The Labute approximate surface area is 338 Å². The Hall–Kier alpha value is -2.45. The van der Waals surface area contributed by atoms with E-state index in [4.69, 9.17) is 14.2 Å². The molecule has 0 aromatic rings. The first kappa shape index (κ1) is 52.6. The highest BCUT2D eigenvalue weighted by atomic mass is 16.6. The summed E-state index contributed by atoms with van der Waals surface area (Å²) in [5.74, 6) is -1.49. The van der Waals surface area contributed by atoms with Gasteiger partial charge in [0, 0.05) is 19.3 Å². The minimum absolute atomic E-state index is 0.0549. The van der Waals surface area contributed by atoms with E-state index >= 15 is 0 Å². The van der Waals surface area contributed by atoms with E-state index in [1.807, 2.05) is 21.1 Å². The zero-order chi connectivity index (χ0) is 40.7. The van der Waals surface area contributed by atoms with E-state index in [-0.39, 0.29) is 36.2 Å². The van der Waals surface area contributed by atoms with Gasteiger partial charge in [0.05, 0.1) is 34.4 Å². The van der Waals surface area contributed by atoms with Crippen molar-refractivity contribution in [1.82, 2.24) is 0 Å². The van der Waals surface area contributed by atoms with Crippen molar-refractivity contribution in [3.63, 3.8) is 0 Å². The van der Waals surface area contributed by atoms with Gasteiger partial charge in [0.15, 0.2) is 12.1 Å². The molecule has 2 atom stereocenters. The Bertz CT molecular complexity index is 1000. The van der Waals surface area contributed by atoms with Gasteiger partial charge in [0.1, 0.15) is 6.61 Å². The maximum atomic E-state index is 12.7. The van der Waals surface area contributed by atoms with E-state index in [2.05, 4.69) is 50.3 Å². The highest BCUT2D eigenvalue weighted by molar-refractivity contribution is 5.72. The summed E-state index contributed by atoms with van der Waals surface area (Å²) in [6.07, 6.45) is 43.2. The van der Waals surface area contributed by atoms with Gasteiger partial charge in [-0.25, -0.2) is 4.79 Å². The Kier molecular flexibility index (Phi) is 36.7. The first-order valence-electron chi connectivity index (χ1n) is 22.6. The number of quaternary nitrogens is 1. The summed E-state index contributed by atoms with van der Waals surface area (Å²) in [5, 5.41) is 9.62. The number of hydrogen-bond donors (Lipinski definition) is 1. The third kappa shape index (κ3) is 36.9. The predicted octanol–water partition coefficient (Wildman–Crippen LogP) is 12.2. The largest absolute Gasteiger partial charge is 0.477 e. The summed E-state index contributed by atoms with van der Waals surface area (Å²) in [6.45, 7) is 4.71. The second kappa shape index (κ2) is 38.4. The van der Waals surface area contributed by atoms with Gasteiger partial charge in [-0.2, -0.15) is 0 Å². The number of rotatable bonds is 40. The van der Waals surface area contributed by atoms with E-state index in [0.717, 1.165) is 64.2 Å². The monoisotopic (exact) mass is 777 g/mol. The molecule has 1 N–H and O–H groups in total. The van der Waals surface area contributed by atoms with Crippen molar-refractivity contribution >= 4 is 17.9 Å². The molecule has 8 nitrogen and oxygen atoms in total. The molecule has 0 aromatic carbocycles. The van der Waals surface area contributed by atoms with Gasteiger partial charge >= 0.3 is 17.9 Å². The van der Waals surface area contributed by atoms with Crippen LogP contribution in [-0.4, -0.2) is 80.6 Å². The highest BCUT2D eigenvalue weighted by Gasteiger charge is 2.31. The molecule has 0 radical (unpaired) electrons. The summed E-state index contributed by atoms with van der Waals surface area (Å²) >= 11 is 0. The summed E-state index contributed by atoms with van der Waals surface area (Å²) in [6, 6.07) is -0.617. The molecule has 0 aliphatic rings. The smallest absolute Gasteiger partial charge is 0.362 e. The number of carbonyl (C=O) groups excluding carboxylic acids is 2. The molecule has 0 saturated carbocycles. The van der Waals surface area contributed by atoms with Crippen LogP contribution in [-0.2, 0) is 28.6 Å². The van der Waals surface area contributed by atoms with Crippen LogP contribution in [0.4, 0.5) is 0 Å². The van der Waals surface area contributed by atoms with Crippen LogP contribution in [0.15, 0.2) is 36.5 Å². The van der Waals surface area contributed by atoms with Crippen LogP contribution < -0.4 is 0 Å². The second-order valence-corrected chi connectivity index (χ2v) is 16.4. The molecule has 55 heavy (non-hydrogen) atoms. The number of likely N-dealkylation sites (N-methyl/N-ethyl adjacent to an activating group) is 1. The lowest BCUT2D eigenvalue weighted by molar-refractivity contribution is -0.887. The third-order valence-corrected chi connectivity index (χ3v) is 10.1. The van der Waals surface area contributed by atoms with Crippen molar-refractivity contribution in [1.29, 1.82) is 0 Å². The number of aliphatic carboxylic acids is 1. The number of carboxylic acid groups (broad SMARTS) is 1. The van der Waals surface area contributed by atoms with Gasteiger partial charge in [0.25, 0.3) is 0 Å². The number of carboxylic acids is 1. The fraction of sp³-hybridized carbons (Fsp3) is 0.809. The van der Waals surface area contributed by atoms with Gasteiger partial charge in [-0.05, 0) is 38.5 Å². The van der Waals surface area contributed by atoms with E-state index in [1.54, 1.807) is 0 Å². The van der Waals surface area contributed by atoms with Crippen molar-refractivity contribution in [2.24, 2.45) is 0 Å². The fourth-order valence-electron chi connectivity index (χ4n) is 6.56. The topological polar surface area (TPSA) is 99.1 Å². The van der Waals surface area contributed by atoms with Crippen LogP contribution in [0.3, 0.4) is 0 Å². The van der Waals surface area contributed by atoms with E-state index in [1.165, 1.54) is 96.3 Å². The van der Waals surface area contributed by atoms with Crippen LogP contribution in [0.25, 0.3) is 0 Å². The Morgan fingerprint density at radius 3 is 1.40 bits per heavy atom. The average Bonchev–Trinajstić information content (AvgIpc) is 3.14. The molecule has 320 valence electrons. The molecule has 0 aliphatic heterocycles. The summed E-state index contributed by atoms with van der Waals surface area (Å²) in [4.78, 5) is 37.0. The molecule has 0 heterocycles. The molecule has 0 aromatic heterocycles. The lowest BCUT2D eigenvalue weighted by atomic mass is 10.0. The van der Waals surface area contributed by atoms with Crippen LogP contribution in [0.2, 0.25) is 0 Å². The van der Waals surface area contributed by atoms with E-state index in [9.17, 15) is 19.5 Å². The standard InChI is InChI=1S/C47H85NO7/c1-6-8-10-12-14-16-18-20-21-22-23-24-26-28-30-32-34-36-38-46(50)55-43(41-53-40-39-44(47(51)52)48(3,4)5)42-54-45(49)37-35-33-31-29-27-25-19-17-15-13-11-9-7-2/h18,20-24,43-44H,6-17,19,25-42H2,1-5H3/p+1/b20-18+,22-21+,24-23+. The fourth-order valence-corrected chi connectivity index (χ4v) is 6.56. The first-order valence-corrected chi connectivity index (χ1v) is 22.6. The van der Waals surface area contributed by atoms with Gasteiger partial charge in [-0.1, -0.05) is 172 Å². The van der Waals surface area contributed by atoms with Crippen molar-refractivity contribution < 1.29 is 38.2 Å². The van der Waals surface area contributed by atoms with Crippen molar-refractivity contribution in [3.8, 4) is 0 Å². The zero-order valence-corrected chi connectivity index (χ0v) is 36.4. The maximum absolute atomic E-state index is 12.7. The van der Waals surface area contributed by atoms with Gasteiger partial charge < -0.3 is 23.8 Å². The molecule has 0 spiro atoms. The van der Waals surface area contributed by atoms with Crippen LogP contribution in [0.1, 0.15) is 194 Å². The Morgan fingerprint density at radius 2 is 0.964 bits per heavy atom. The number of allylic oxidation sites excluding steroid dienone is 6. The minimum Gasteiger partial charge on any atom is -0.477 e. The average molecular weight is 777 g/mol. The van der Waals surface area contributed by atoms with Crippen LogP contribution in [0.5, 0.6) is 0 Å². The normalized spacial score (nSPS) is 13.3. The molecule has 0 rings (SSSR count). The molecule has 0 aliphatic carbocycles. The number of carbonyl (C=O) groups is 3. The number of hydrogen-bond acceptors (Lipinski definition) is 6. The molecule has 0 bridgehead atoms. The Balaban J connectivity index is 4.37. The van der Waals surface area contributed by atoms with Gasteiger partial charge in [-0.3, -0.25) is 9.59 Å². The van der Waals surface area contributed by atoms with Gasteiger partial charge in [-0.15, -0.1) is 0 Å². The first-order chi connectivity index (χ1) is 26.6. The third-order valence-electron chi connectivity index (χ3n) is 10.1. The SMILES string of the molecule is CCCCCCC/C=C/C=C/C=C/CCCCCCCC(=O)OC(COCCC(C(=O)O)[N+](C)(C)C)COC(=O)CCCCCCCCCCCCCCC. The molecule has 0 fully saturated rings. The minimum atomic E-state index is -0.878. The summed E-state index contributed by atoms with van der Waals surface area (Å²) < 4.78 is 17.3. The molecule has 0 saturated heterocycles. The lowest BCUT2D eigenvalue weighted by Gasteiger charge is -2.31. The molecular weight excluding hydrogens is 691 g/mol. The van der Waals surface area contributed by atoms with Crippen molar-refractivity contribution in [3.05, 3.63) is 36.5 Å². The van der Waals surface area contributed by atoms with Crippen molar-refractivity contribution in [2.45, 2.75) is 206 Å². The van der Waals surface area contributed by atoms with Crippen molar-refractivity contribution in [2.75, 3.05) is 41.0 Å². The number of esters is 2. The van der Waals surface area contributed by atoms with Crippen LogP contribution >= 0.6 is 0 Å². The maximum Gasteiger partial charge on any atom is 0.362 e. The zero-order valence-electron chi connectivity index (χ0n) is 36.4. The van der Waals surface area contributed by atoms with E-state index < -0.39 is 18.1 Å². The summed E-state index contributed by atoms with van der Waals surface area (Å²) in [5.41, 5.74) is 0. The molecule has 2 unspecified atom stereocenters. The van der Waals surface area contributed by atoms with Gasteiger partial charge in [0.2, 0.25) is 0 Å². The number of ether oxygens (including phenoxy) is 3. The number of unbranched alkanes of at least 4 members (excludes halogenated alkanes) is 22. The van der Waals surface area contributed by atoms with E-state index in [0.29, 0.717) is 19.3 Å². The molecular formula is C47H86NO7+. The second-order valence-electron chi connectivity index (χ2n) is 16.4.